The maximum Gasteiger partial charge on any atom is 0.233 e. The molecule has 0 radical (unpaired) electrons. The maximum atomic E-state index is 11.0. The Morgan fingerprint density at radius 3 is 2.80 bits per heavy atom. The Labute approximate surface area is 89.6 Å². The number of hydrogen-bond donors (Lipinski definition) is 2. The Bertz CT molecular complexity index is 345. The summed E-state index contributed by atoms with van der Waals surface area (Å²) in [6.07, 6.45) is 3.02. The van der Waals surface area contributed by atoms with Gasteiger partial charge in [0, 0.05) is 18.2 Å². The molecule has 1 aromatic heterocycles. The van der Waals surface area contributed by atoms with Gasteiger partial charge >= 0.3 is 0 Å². The molecule has 1 unspecified atom stereocenters. The Morgan fingerprint density at radius 2 is 2.33 bits per heavy atom. The zero-order chi connectivity index (χ0) is 11.4. The topological polar surface area (TPSA) is 72.9 Å². The number of hydrazine groups is 1. The second kappa shape index (κ2) is 4.93. The van der Waals surface area contributed by atoms with Crippen molar-refractivity contribution in [2.45, 2.75) is 39.7 Å². The summed E-state index contributed by atoms with van der Waals surface area (Å²) in [6, 6.07) is 0.267. The van der Waals surface area contributed by atoms with Gasteiger partial charge in [-0.3, -0.25) is 10.2 Å². The first kappa shape index (κ1) is 11.7. The quantitative estimate of drug-likeness (QED) is 0.439. The first-order valence-electron chi connectivity index (χ1n) is 5.05. The highest BCUT2D eigenvalue weighted by molar-refractivity contribution is 5.75. The first-order chi connectivity index (χ1) is 7.06. The van der Waals surface area contributed by atoms with E-state index in [4.69, 9.17) is 5.84 Å². The number of nitrogens with two attached hydrogens (primary N) is 1. The van der Waals surface area contributed by atoms with Crippen LogP contribution >= 0.6 is 0 Å². The zero-order valence-corrected chi connectivity index (χ0v) is 9.45. The van der Waals surface area contributed by atoms with Crippen LogP contribution in [-0.2, 0) is 4.79 Å². The number of amides is 1. The standard InChI is InChI=1S/C10H18N4O/c1-7(4-5-10(15)13-11)14-6-12-8(2)9(14)3/h6-7H,4-5,11H2,1-3H3,(H,13,15). The highest BCUT2D eigenvalue weighted by atomic mass is 16.2. The number of aromatic nitrogens is 2. The monoisotopic (exact) mass is 210 g/mol. The van der Waals surface area contributed by atoms with Crippen LogP contribution in [0, 0.1) is 13.8 Å². The molecule has 0 bridgehead atoms. The minimum Gasteiger partial charge on any atom is -0.332 e. The third-order valence-corrected chi connectivity index (χ3v) is 2.71. The van der Waals surface area contributed by atoms with Crippen LogP contribution in [0.2, 0.25) is 0 Å². The molecule has 3 N–H and O–H groups in total. The molecule has 0 saturated carbocycles. The number of hydrogen-bond acceptors (Lipinski definition) is 3. The molecule has 0 spiro atoms. The summed E-state index contributed by atoms with van der Waals surface area (Å²) in [4.78, 5) is 15.2. The summed E-state index contributed by atoms with van der Waals surface area (Å²) in [5, 5.41) is 0. The number of nitrogens with one attached hydrogen (secondary N) is 1. The summed E-state index contributed by atoms with van der Waals surface area (Å²) >= 11 is 0. The third-order valence-electron chi connectivity index (χ3n) is 2.71. The Hall–Kier alpha value is -1.36. The van der Waals surface area contributed by atoms with Crippen molar-refractivity contribution in [1.29, 1.82) is 0 Å². The number of aryl methyl sites for hydroxylation is 1. The fourth-order valence-electron chi connectivity index (χ4n) is 1.51. The Kier molecular flexibility index (Phi) is 3.85. The average molecular weight is 210 g/mol. The van der Waals surface area contributed by atoms with Crippen molar-refractivity contribution in [2.75, 3.05) is 0 Å². The first-order valence-corrected chi connectivity index (χ1v) is 5.05. The van der Waals surface area contributed by atoms with E-state index in [1.54, 1.807) is 0 Å². The van der Waals surface area contributed by atoms with Gasteiger partial charge in [-0.25, -0.2) is 10.8 Å². The van der Waals surface area contributed by atoms with Gasteiger partial charge in [0.15, 0.2) is 0 Å². The van der Waals surface area contributed by atoms with Crippen molar-refractivity contribution in [3.8, 4) is 0 Å². The number of rotatable bonds is 4. The molecule has 0 aliphatic heterocycles. The van der Waals surface area contributed by atoms with Gasteiger partial charge < -0.3 is 4.57 Å². The zero-order valence-electron chi connectivity index (χ0n) is 9.45. The van der Waals surface area contributed by atoms with Crippen LogP contribution in [0.1, 0.15) is 37.2 Å². The lowest BCUT2D eigenvalue weighted by atomic mass is 10.1. The maximum absolute atomic E-state index is 11.0. The van der Waals surface area contributed by atoms with E-state index >= 15 is 0 Å². The molecule has 1 heterocycles. The Balaban J connectivity index is 2.57. The van der Waals surface area contributed by atoms with E-state index in [1.165, 1.54) is 0 Å². The molecule has 0 aliphatic carbocycles. The fraction of sp³-hybridized carbons (Fsp3) is 0.600. The van der Waals surface area contributed by atoms with Crippen molar-refractivity contribution >= 4 is 5.91 Å². The predicted molar refractivity (Wildman–Crippen MR) is 58.0 cm³/mol. The largest absolute Gasteiger partial charge is 0.332 e. The molecule has 1 aromatic rings. The van der Waals surface area contributed by atoms with Gasteiger partial charge in [0.2, 0.25) is 5.91 Å². The van der Waals surface area contributed by atoms with Gasteiger partial charge in [-0.2, -0.15) is 0 Å². The van der Waals surface area contributed by atoms with Gasteiger partial charge in [0.1, 0.15) is 0 Å². The van der Waals surface area contributed by atoms with E-state index in [-0.39, 0.29) is 11.9 Å². The molecule has 0 aromatic carbocycles. The lowest BCUT2D eigenvalue weighted by Crippen LogP contribution is -2.30. The van der Waals surface area contributed by atoms with E-state index < -0.39 is 0 Å². The second-order valence-electron chi connectivity index (χ2n) is 3.78. The molecule has 0 aliphatic rings. The molecule has 15 heavy (non-hydrogen) atoms. The molecule has 0 fully saturated rings. The number of carbonyl (C=O) groups excluding carboxylic acids is 1. The van der Waals surface area contributed by atoms with Gasteiger partial charge in [-0.15, -0.1) is 0 Å². The van der Waals surface area contributed by atoms with Crippen molar-refractivity contribution in [1.82, 2.24) is 15.0 Å². The van der Waals surface area contributed by atoms with Gasteiger partial charge in [0.25, 0.3) is 0 Å². The molecule has 5 nitrogen and oxygen atoms in total. The van der Waals surface area contributed by atoms with Crippen molar-refractivity contribution < 1.29 is 4.79 Å². The SMILES string of the molecule is Cc1ncn(C(C)CCC(=O)NN)c1C. The second-order valence-corrected chi connectivity index (χ2v) is 3.78. The van der Waals surface area contributed by atoms with E-state index in [0.717, 1.165) is 17.8 Å². The molecular formula is C10H18N4O. The summed E-state index contributed by atoms with van der Waals surface area (Å²) in [5.74, 6) is 4.88. The normalized spacial score (nSPS) is 12.5. The number of imidazole rings is 1. The van der Waals surface area contributed by atoms with Crippen LogP contribution < -0.4 is 11.3 Å². The fourth-order valence-corrected chi connectivity index (χ4v) is 1.51. The molecular weight excluding hydrogens is 192 g/mol. The number of carbonyl (C=O) groups is 1. The van der Waals surface area contributed by atoms with Crippen LogP contribution in [0.25, 0.3) is 0 Å². The lowest BCUT2D eigenvalue weighted by molar-refractivity contribution is -0.121. The van der Waals surface area contributed by atoms with E-state index in [9.17, 15) is 4.79 Å². The highest BCUT2D eigenvalue weighted by Crippen LogP contribution is 2.16. The van der Waals surface area contributed by atoms with Crippen molar-refractivity contribution in [3.05, 3.63) is 17.7 Å². The highest BCUT2D eigenvalue weighted by Gasteiger charge is 2.10. The lowest BCUT2D eigenvalue weighted by Gasteiger charge is -2.14. The average Bonchev–Trinajstić information content (AvgIpc) is 2.56. The van der Waals surface area contributed by atoms with Crippen LogP contribution in [0.3, 0.4) is 0 Å². The molecule has 0 saturated heterocycles. The van der Waals surface area contributed by atoms with Crippen LogP contribution in [0.5, 0.6) is 0 Å². The minimum atomic E-state index is -0.128. The van der Waals surface area contributed by atoms with E-state index in [0.29, 0.717) is 6.42 Å². The van der Waals surface area contributed by atoms with E-state index in [2.05, 4.69) is 21.9 Å². The summed E-state index contributed by atoms with van der Waals surface area (Å²) in [5.41, 5.74) is 4.31. The van der Waals surface area contributed by atoms with Gasteiger partial charge in [-0.05, 0) is 27.2 Å². The molecule has 5 heteroatoms. The van der Waals surface area contributed by atoms with E-state index in [1.807, 2.05) is 20.2 Å². The summed E-state index contributed by atoms with van der Waals surface area (Å²) in [6.45, 7) is 6.07. The van der Waals surface area contributed by atoms with Gasteiger partial charge in [0.05, 0.1) is 12.0 Å². The molecule has 1 amide bonds. The molecule has 1 rings (SSSR count). The summed E-state index contributed by atoms with van der Waals surface area (Å²) < 4.78 is 2.08. The summed E-state index contributed by atoms with van der Waals surface area (Å²) in [7, 11) is 0. The predicted octanol–water partition coefficient (Wildman–Crippen LogP) is 0.831. The van der Waals surface area contributed by atoms with Crippen LogP contribution in [-0.4, -0.2) is 15.5 Å². The van der Waals surface area contributed by atoms with Crippen molar-refractivity contribution in [2.24, 2.45) is 5.84 Å². The third kappa shape index (κ3) is 2.79. The molecule has 84 valence electrons. The van der Waals surface area contributed by atoms with Gasteiger partial charge in [-0.1, -0.05) is 0 Å². The Morgan fingerprint density at radius 1 is 1.67 bits per heavy atom. The minimum absolute atomic E-state index is 0.128. The smallest absolute Gasteiger partial charge is 0.233 e. The molecule has 1 atom stereocenters. The van der Waals surface area contributed by atoms with Crippen molar-refractivity contribution in [3.63, 3.8) is 0 Å². The van der Waals surface area contributed by atoms with Crippen LogP contribution in [0.4, 0.5) is 0 Å². The number of nitrogens with zero attached hydrogens (tertiary/aromatic N) is 2. The van der Waals surface area contributed by atoms with Crippen LogP contribution in [0.15, 0.2) is 6.33 Å².